The van der Waals surface area contributed by atoms with Gasteiger partial charge < -0.3 is 15.0 Å². The van der Waals surface area contributed by atoms with E-state index in [-0.39, 0.29) is 0 Å². The standard InChI is InChI=1S/C17H34N2O/c1-15(2)13-18-14-16-7-10-19(11-8-16)9-3-5-17-6-4-12-20-17/h15-18H,3-14H2,1-2H3. The zero-order chi connectivity index (χ0) is 14.2. The van der Waals surface area contributed by atoms with E-state index >= 15 is 0 Å². The normalized spacial score (nSPS) is 25.6. The number of piperidine rings is 1. The van der Waals surface area contributed by atoms with Gasteiger partial charge in [0.15, 0.2) is 0 Å². The number of rotatable bonds is 8. The molecule has 3 heteroatoms. The summed E-state index contributed by atoms with van der Waals surface area (Å²) in [6.07, 6.45) is 8.50. The molecule has 0 aromatic carbocycles. The summed E-state index contributed by atoms with van der Waals surface area (Å²) in [5, 5.41) is 3.61. The van der Waals surface area contributed by atoms with E-state index < -0.39 is 0 Å². The molecule has 2 saturated heterocycles. The Morgan fingerprint density at radius 2 is 2.00 bits per heavy atom. The largest absolute Gasteiger partial charge is 0.378 e. The molecule has 2 aliphatic rings. The van der Waals surface area contributed by atoms with Gasteiger partial charge in [-0.2, -0.15) is 0 Å². The molecule has 3 nitrogen and oxygen atoms in total. The van der Waals surface area contributed by atoms with E-state index in [1.807, 2.05) is 0 Å². The molecule has 0 bridgehead atoms. The van der Waals surface area contributed by atoms with Crippen molar-refractivity contribution in [2.45, 2.75) is 58.5 Å². The minimum absolute atomic E-state index is 0.577. The van der Waals surface area contributed by atoms with Gasteiger partial charge in [0.25, 0.3) is 0 Å². The lowest BCUT2D eigenvalue weighted by molar-refractivity contribution is 0.0959. The zero-order valence-corrected chi connectivity index (χ0v) is 13.6. The van der Waals surface area contributed by atoms with Gasteiger partial charge in [0.2, 0.25) is 0 Å². The van der Waals surface area contributed by atoms with Crippen molar-refractivity contribution in [2.75, 3.05) is 39.3 Å². The Morgan fingerprint density at radius 1 is 1.20 bits per heavy atom. The number of ether oxygens (including phenoxy) is 1. The fraction of sp³-hybridized carbons (Fsp3) is 1.00. The quantitative estimate of drug-likeness (QED) is 0.741. The van der Waals surface area contributed by atoms with Gasteiger partial charge in [-0.05, 0) is 83.1 Å². The van der Waals surface area contributed by atoms with Gasteiger partial charge in [-0.1, -0.05) is 13.8 Å². The van der Waals surface area contributed by atoms with Gasteiger partial charge in [0.1, 0.15) is 0 Å². The molecule has 1 atom stereocenters. The van der Waals surface area contributed by atoms with Gasteiger partial charge in [-0.25, -0.2) is 0 Å². The van der Waals surface area contributed by atoms with E-state index in [1.165, 1.54) is 71.2 Å². The Balaban J connectivity index is 1.48. The molecule has 20 heavy (non-hydrogen) atoms. The summed E-state index contributed by atoms with van der Waals surface area (Å²) in [7, 11) is 0. The fourth-order valence-corrected chi connectivity index (χ4v) is 3.40. The number of likely N-dealkylation sites (tertiary alicyclic amines) is 1. The Bertz CT molecular complexity index is 243. The van der Waals surface area contributed by atoms with E-state index in [1.54, 1.807) is 0 Å². The summed E-state index contributed by atoms with van der Waals surface area (Å²) in [6.45, 7) is 11.8. The molecule has 0 aromatic rings. The number of nitrogens with zero attached hydrogens (tertiary/aromatic N) is 1. The van der Waals surface area contributed by atoms with E-state index in [4.69, 9.17) is 4.74 Å². The molecular weight excluding hydrogens is 248 g/mol. The molecule has 1 N–H and O–H groups in total. The lowest BCUT2D eigenvalue weighted by Gasteiger charge is -2.32. The third kappa shape index (κ3) is 6.11. The summed E-state index contributed by atoms with van der Waals surface area (Å²) in [6, 6.07) is 0. The molecule has 2 heterocycles. The average Bonchev–Trinajstić information content (AvgIpc) is 2.93. The Morgan fingerprint density at radius 3 is 2.65 bits per heavy atom. The summed E-state index contributed by atoms with van der Waals surface area (Å²) >= 11 is 0. The number of nitrogens with one attached hydrogen (secondary N) is 1. The summed E-state index contributed by atoms with van der Waals surface area (Å²) < 4.78 is 5.70. The third-order valence-electron chi connectivity index (χ3n) is 4.72. The molecular formula is C17H34N2O. The number of hydrogen-bond acceptors (Lipinski definition) is 3. The topological polar surface area (TPSA) is 24.5 Å². The molecule has 0 radical (unpaired) electrons. The first-order chi connectivity index (χ1) is 9.74. The first-order valence-corrected chi connectivity index (χ1v) is 8.78. The van der Waals surface area contributed by atoms with E-state index in [0.29, 0.717) is 6.10 Å². The highest BCUT2D eigenvalue weighted by molar-refractivity contribution is 4.75. The highest BCUT2D eigenvalue weighted by Gasteiger charge is 2.20. The zero-order valence-electron chi connectivity index (χ0n) is 13.6. The number of hydrogen-bond donors (Lipinski definition) is 1. The molecule has 0 aliphatic carbocycles. The van der Waals surface area contributed by atoms with Crippen molar-refractivity contribution in [3.05, 3.63) is 0 Å². The van der Waals surface area contributed by atoms with Gasteiger partial charge in [0.05, 0.1) is 6.10 Å². The van der Waals surface area contributed by atoms with Gasteiger partial charge in [0, 0.05) is 6.61 Å². The van der Waals surface area contributed by atoms with Crippen LogP contribution in [0.2, 0.25) is 0 Å². The highest BCUT2D eigenvalue weighted by atomic mass is 16.5. The minimum Gasteiger partial charge on any atom is -0.378 e. The van der Waals surface area contributed by atoms with E-state index in [2.05, 4.69) is 24.1 Å². The Labute approximate surface area is 125 Å². The van der Waals surface area contributed by atoms with Crippen LogP contribution in [-0.2, 0) is 4.74 Å². The molecule has 0 aromatic heterocycles. The van der Waals surface area contributed by atoms with E-state index in [0.717, 1.165) is 18.4 Å². The minimum atomic E-state index is 0.577. The van der Waals surface area contributed by atoms with Crippen LogP contribution in [0.4, 0.5) is 0 Å². The van der Waals surface area contributed by atoms with Crippen LogP contribution in [0.15, 0.2) is 0 Å². The fourth-order valence-electron chi connectivity index (χ4n) is 3.40. The van der Waals surface area contributed by atoms with Crippen LogP contribution in [0.3, 0.4) is 0 Å². The maximum absolute atomic E-state index is 5.70. The van der Waals surface area contributed by atoms with Gasteiger partial charge in [-0.15, -0.1) is 0 Å². The Hall–Kier alpha value is -0.120. The van der Waals surface area contributed by atoms with Crippen LogP contribution in [-0.4, -0.2) is 50.3 Å². The smallest absolute Gasteiger partial charge is 0.0576 e. The molecule has 0 spiro atoms. The second kappa shape index (κ2) is 9.01. The van der Waals surface area contributed by atoms with Crippen molar-refractivity contribution in [3.8, 4) is 0 Å². The molecule has 2 fully saturated rings. The van der Waals surface area contributed by atoms with Crippen molar-refractivity contribution in [1.82, 2.24) is 10.2 Å². The lowest BCUT2D eigenvalue weighted by Crippen LogP contribution is -2.38. The molecule has 118 valence electrons. The lowest BCUT2D eigenvalue weighted by atomic mass is 9.96. The highest BCUT2D eigenvalue weighted by Crippen LogP contribution is 2.19. The molecule has 0 saturated carbocycles. The monoisotopic (exact) mass is 282 g/mol. The Kier molecular flexibility index (Phi) is 7.32. The first-order valence-electron chi connectivity index (χ1n) is 8.78. The predicted molar refractivity (Wildman–Crippen MR) is 85.1 cm³/mol. The van der Waals surface area contributed by atoms with Gasteiger partial charge in [-0.3, -0.25) is 0 Å². The summed E-state index contributed by atoms with van der Waals surface area (Å²) in [5.74, 6) is 1.68. The van der Waals surface area contributed by atoms with Crippen molar-refractivity contribution in [3.63, 3.8) is 0 Å². The van der Waals surface area contributed by atoms with Crippen LogP contribution in [0.25, 0.3) is 0 Å². The SMILES string of the molecule is CC(C)CNCC1CCN(CCCC2CCCO2)CC1. The molecule has 0 amide bonds. The summed E-state index contributed by atoms with van der Waals surface area (Å²) in [4.78, 5) is 2.66. The average molecular weight is 282 g/mol. The van der Waals surface area contributed by atoms with Crippen LogP contribution < -0.4 is 5.32 Å². The van der Waals surface area contributed by atoms with Crippen molar-refractivity contribution < 1.29 is 4.74 Å². The van der Waals surface area contributed by atoms with E-state index in [9.17, 15) is 0 Å². The molecule has 2 rings (SSSR count). The first kappa shape index (κ1) is 16.3. The van der Waals surface area contributed by atoms with Crippen LogP contribution in [0, 0.1) is 11.8 Å². The second-order valence-corrected chi connectivity index (χ2v) is 7.11. The van der Waals surface area contributed by atoms with Crippen molar-refractivity contribution in [1.29, 1.82) is 0 Å². The maximum atomic E-state index is 5.70. The molecule has 2 aliphatic heterocycles. The van der Waals surface area contributed by atoms with Crippen LogP contribution in [0.5, 0.6) is 0 Å². The van der Waals surface area contributed by atoms with Crippen molar-refractivity contribution in [2.24, 2.45) is 11.8 Å². The van der Waals surface area contributed by atoms with Gasteiger partial charge >= 0.3 is 0 Å². The predicted octanol–water partition coefficient (Wildman–Crippen LogP) is 2.90. The second-order valence-electron chi connectivity index (χ2n) is 7.11. The van der Waals surface area contributed by atoms with Crippen LogP contribution >= 0.6 is 0 Å². The van der Waals surface area contributed by atoms with Crippen LogP contribution in [0.1, 0.15) is 52.4 Å². The maximum Gasteiger partial charge on any atom is 0.0576 e. The third-order valence-corrected chi connectivity index (χ3v) is 4.72. The summed E-state index contributed by atoms with van der Waals surface area (Å²) in [5.41, 5.74) is 0. The molecule has 1 unspecified atom stereocenters. The van der Waals surface area contributed by atoms with Crippen molar-refractivity contribution >= 4 is 0 Å².